The minimum Gasteiger partial charge on any atom is -0.258 e. The molecule has 0 N–H and O–H groups in total. The standard InChI is InChI=1S/C26H24N2/c1-19-11-9-17-23(27-19)25(21-13-5-3-6-14-21)26(22-15-7-4-8-16-22)24-18-10-12-20(2)28-24/h3-18,25-26H,1-2H3/t25-,26-/m1/s1. The van der Waals surface area contributed by atoms with E-state index in [9.17, 15) is 0 Å². The van der Waals surface area contributed by atoms with Crippen molar-refractivity contribution in [3.05, 3.63) is 131 Å². The highest BCUT2D eigenvalue weighted by atomic mass is 14.7. The molecule has 0 unspecified atom stereocenters. The summed E-state index contributed by atoms with van der Waals surface area (Å²) in [6.07, 6.45) is 0. The van der Waals surface area contributed by atoms with Gasteiger partial charge >= 0.3 is 0 Å². The lowest BCUT2D eigenvalue weighted by Gasteiger charge is -2.28. The van der Waals surface area contributed by atoms with E-state index in [1.165, 1.54) is 11.1 Å². The molecule has 0 aliphatic carbocycles. The number of pyridine rings is 2. The topological polar surface area (TPSA) is 25.8 Å². The molecular formula is C26H24N2. The largest absolute Gasteiger partial charge is 0.258 e. The Morgan fingerprint density at radius 3 is 1.21 bits per heavy atom. The van der Waals surface area contributed by atoms with Gasteiger partial charge in [-0.05, 0) is 49.2 Å². The number of hydrogen-bond acceptors (Lipinski definition) is 2. The van der Waals surface area contributed by atoms with Crippen molar-refractivity contribution < 1.29 is 0 Å². The highest BCUT2D eigenvalue weighted by Crippen LogP contribution is 2.41. The van der Waals surface area contributed by atoms with Crippen LogP contribution >= 0.6 is 0 Å². The minimum atomic E-state index is 0.0813. The predicted octanol–water partition coefficient (Wildman–Crippen LogP) is 6.06. The Morgan fingerprint density at radius 1 is 0.464 bits per heavy atom. The molecule has 4 rings (SSSR count). The lowest BCUT2D eigenvalue weighted by atomic mass is 9.77. The minimum absolute atomic E-state index is 0.0813. The van der Waals surface area contributed by atoms with Crippen LogP contribution in [0, 0.1) is 13.8 Å². The fraction of sp³-hybridized carbons (Fsp3) is 0.154. The van der Waals surface area contributed by atoms with E-state index in [1.54, 1.807) is 0 Å². The number of rotatable bonds is 5. The second kappa shape index (κ2) is 8.18. The molecule has 2 heterocycles. The van der Waals surface area contributed by atoms with E-state index in [0.29, 0.717) is 0 Å². The van der Waals surface area contributed by atoms with Gasteiger partial charge < -0.3 is 0 Å². The Bertz CT molecular complexity index is 955. The molecule has 138 valence electrons. The van der Waals surface area contributed by atoms with Crippen LogP contribution in [0.25, 0.3) is 0 Å². The van der Waals surface area contributed by atoms with Gasteiger partial charge in [0, 0.05) is 34.6 Å². The highest BCUT2D eigenvalue weighted by Gasteiger charge is 2.30. The van der Waals surface area contributed by atoms with Crippen LogP contribution in [-0.4, -0.2) is 9.97 Å². The van der Waals surface area contributed by atoms with Crippen molar-refractivity contribution >= 4 is 0 Å². The Balaban J connectivity index is 1.96. The normalized spacial score (nSPS) is 13.1. The molecule has 0 amide bonds. The summed E-state index contributed by atoms with van der Waals surface area (Å²) in [7, 11) is 0. The van der Waals surface area contributed by atoms with Crippen molar-refractivity contribution in [3.8, 4) is 0 Å². The van der Waals surface area contributed by atoms with Crippen molar-refractivity contribution in [3.63, 3.8) is 0 Å². The molecular weight excluding hydrogens is 340 g/mol. The van der Waals surface area contributed by atoms with Gasteiger partial charge in [0.1, 0.15) is 0 Å². The van der Waals surface area contributed by atoms with Crippen LogP contribution in [0.5, 0.6) is 0 Å². The van der Waals surface area contributed by atoms with Crippen LogP contribution in [0.3, 0.4) is 0 Å². The summed E-state index contributed by atoms with van der Waals surface area (Å²) in [6, 6.07) is 33.9. The SMILES string of the molecule is Cc1cccc([C@@H](c2ccccc2)[C@H](c2ccccc2)c2cccc(C)n2)n1. The average Bonchev–Trinajstić information content (AvgIpc) is 2.73. The monoisotopic (exact) mass is 364 g/mol. The number of nitrogens with zero attached hydrogens (tertiary/aromatic N) is 2. The van der Waals surface area contributed by atoms with E-state index in [0.717, 1.165) is 22.8 Å². The number of aryl methyl sites for hydroxylation is 2. The van der Waals surface area contributed by atoms with Crippen LogP contribution in [0.4, 0.5) is 0 Å². The van der Waals surface area contributed by atoms with E-state index >= 15 is 0 Å². The zero-order valence-corrected chi connectivity index (χ0v) is 16.3. The number of benzene rings is 2. The Labute approximate surface area is 167 Å². The third-order valence-electron chi connectivity index (χ3n) is 5.11. The first-order valence-electron chi connectivity index (χ1n) is 9.69. The molecule has 2 atom stereocenters. The average molecular weight is 364 g/mol. The predicted molar refractivity (Wildman–Crippen MR) is 115 cm³/mol. The fourth-order valence-electron chi connectivity index (χ4n) is 3.86. The van der Waals surface area contributed by atoms with Crippen molar-refractivity contribution in [1.82, 2.24) is 9.97 Å². The molecule has 4 aromatic rings. The van der Waals surface area contributed by atoms with Crippen molar-refractivity contribution in [1.29, 1.82) is 0 Å². The summed E-state index contributed by atoms with van der Waals surface area (Å²) in [5.41, 5.74) is 6.70. The van der Waals surface area contributed by atoms with E-state index in [4.69, 9.17) is 9.97 Å². The van der Waals surface area contributed by atoms with Gasteiger partial charge in [-0.25, -0.2) is 0 Å². The van der Waals surface area contributed by atoms with Gasteiger partial charge in [0.25, 0.3) is 0 Å². The Kier molecular flexibility index (Phi) is 5.29. The van der Waals surface area contributed by atoms with Gasteiger partial charge in [-0.15, -0.1) is 0 Å². The van der Waals surface area contributed by atoms with Crippen LogP contribution < -0.4 is 0 Å². The summed E-state index contributed by atoms with van der Waals surface area (Å²) < 4.78 is 0. The van der Waals surface area contributed by atoms with Crippen LogP contribution in [0.1, 0.15) is 45.7 Å². The van der Waals surface area contributed by atoms with E-state index in [-0.39, 0.29) is 11.8 Å². The molecule has 0 aliphatic heterocycles. The molecule has 2 nitrogen and oxygen atoms in total. The van der Waals surface area contributed by atoms with Gasteiger partial charge in [-0.3, -0.25) is 9.97 Å². The van der Waals surface area contributed by atoms with Gasteiger partial charge in [-0.1, -0.05) is 72.8 Å². The molecule has 28 heavy (non-hydrogen) atoms. The first kappa shape index (κ1) is 18.1. The number of hydrogen-bond donors (Lipinski definition) is 0. The molecule has 2 heteroatoms. The second-order valence-electron chi connectivity index (χ2n) is 7.18. The molecule has 2 aromatic carbocycles. The van der Waals surface area contributed by atoms with E-state index < -0.39 is 0 Å². The molecule has 0 aliphatic rings. The maximum absolute atomic E-state index is 4.92. The lowest BCUT2D eigenvalue weighted by Crippen LogP contribution is -2.17. The van der Waals surface area contributed by atoms with Crippen LogP contribution in [0.2, 0.25) is 0 Å². The van der Waals surface area contributed by atoms with Crippen molar-refractivity contribution in [2.45, 2.75) is 25.7 Å². The smallest absolute Gasteiger partial charge is 0.0491 e. The lowest BCUT2D eigenvalue weighted by molar-refractivity contribution is 0.654. The highest BCUT2D eigenvalue weighted by molar-refractivity contribution is 5.41. The molecule has 0 saturated heterocycles. The fourth-order valence-corrected chi connectivity index (χ4v) is 3.86. The van der Waals surface area contributed by atoms with E-state index in [1.807, 2.05) is 26.0 Å². The third kappa shape index (κ3) is 3.86. The van der Waals surface area contributed by atoms with Gasteiger partial charge in [-0.2, -0.15) is 0 Å². The van der Waals surface area contributed by atoms with Crippen LogP contribution in [-0.2, 0) is 0 Å². The van der Waals surface area contributed by atoms with Crippen molar-refractivity contribution in [2.75, 3.05) is 0 Å². The second-order valence-corrected chi connectivity index (χ2v) is 7.18. The molecule has 0 fully saturated rings. The maximum atomic E-state index is 4.92. The van der Waals surface area contributed by atoms with Crippen molar-refractivity contribution in [2.24, 2.45) is 0 Å². The molecule has 0 bridgehead atoms. The quantitative estimate of drug-likeness (QED) is 0.430. The molecule has 0 radical (unpaired) electrons. The Hall–Kier alpha value is -3.26. The van der Waals surface area contributed by atoms with Gasteiger partial charge in [0.05, 0.1) is 0 Å². The first-order valence-corrected chi connectivity index (χ1v) is 9.69. The third-order valence-corrected chi connectivity index (χ3v) is 5.11. The zero-order valence-electron chi connectivity index (χ0n) is 16.3. The van der Waals surface area contributed by atoms with Gasteiger partial charge in [0.15, 0.2) is 0 Å². The first-order chi connectivity index (χ1) is 13.7. The van der Waals surface area contributed by atoms with Gasteiger partial charge in [0.2, 0.25) is 0 Å². The van der Waals surface area contributed by atoms with E-state index in [2.05, 4.69) is 84.9 Å². The summed E-state index contributed by atoms with van der Waals surface area (Å²) in [5.74, 6) is 0.163. The molecule has 0 saturated carbocycles. The Morgan fingerprint density at radius 2 is 0.857 bits per heavy atom. The number of aromatic nitrogens is 2. The summed E-state index contributed by atoms with van der Waals surface area (Å²) in [6.45, 7) is 4.10. The maximum Gasteiger partial charge on any atom is 0.0491 e. The summed E-state index contributed by atoms with van der Waals surface area (Å²) in [5, 5.41) is 0. The molecule has 2 aromatic heterocycles. The van der Waals surface area contributed by atoms with Crippen LogP contribution in [0.15, 0.2) is 97.1 Å². The molecule has 0 spiro atoms. The summed E-state index contributed by atoms with van der Waals surface area (Å²) in [4.78, 5) is 9.83. The zero-order chi connectivity index (χ0) is 19.3. The summed E-state index contributed by atoms with van der Waals surface area (Å²) >= 11 is 0.